The number of piperidine rings is 1. The number of likely N-dealkylation sites (tertiary alicyclic amines) is 1. The van der Waals surface area contributed by atoms with Gasteiger partial charge in [0.15, 0.2) is 0 Å². The van der Waals surface area contributed by atoms with Gasteiger partial charge in [-0.25, -0.2) is 14.8 Å². The molecule has 0 aromatic carbocycles. The molecule has 2 fully saturated rings. The van der Waals surface area contributed by atoms with E-state index in [0.29, 0.717) is 0 Å². The lowest BCUT2D eigenvalue weighted by molar-refractivity contribution is -0.192. The van der Waals surface area contributed by atoms with Crippen LogP contribution >= 0.6 is 0 Å². The number of likely N-dealkylation sites (N-methyl/N-ethyl adjacent to an activating group) is 1. The summed E-state index contributed by atoms with van der Waals surface area (Å²) in [4.78, 5) is 34.6. The van der Waals surface area contributed by atoms with Crippen LogP contribution in [-0.4, -0.2) is 77.8 Å². The minimum Gasteiger partial charge on any atom is -0.475 e. The smallest absolute Gasteiger partial charge is 0.475 e. The van der Waals surface area contributed by atoms with Gasteiger partial charge in [0.1, 0.15) is 0 Å². The van der Waals surface area contributed by atoms with Gasteiger partial charge in [-0.2, -0.15) is 13.2 Å². The van der Waals surface area contributed by atoms with Crippen LogP contribution in [0.5, 0.6) is 0 Å². The lowest BCUT2D eigenvalue weighted by Gasteiger charge is -2.44. The van der Waals surface area contributed by atoms with Gasteiger partial charge in [0.05, 0.1) is 11.5 Å². The van der Waals surface area contributed by atoms with E-state index in [1.807, 2.05) is 6.07 Å². The number of aliphatic carboxylic acids is 1. The molecule has 150 valence electrons. The van der Waals surface area contributed by atoms with Crippen molar-refractivity contribution in [3.63, 3.8) is 0 Å². The molecule has 0 radical (unpaired) electrons. The van der Waals surface area contributed by atoms with Crippen molar-refractivity contribution in [1.29, 1.82) is 0 Å². The van der Waals surface area contributed by atoms with Crippen molar-refractivity contribution >= 4 is 17.8 Å². The normalized spacial score (nSPS) is 25.2. The Bertz CT molecular complexity index is 673. The maximum atomic E-state index is 12.5. The first-order valence-electron chi connectivity index (χ1n) is 8.36. The van der Waals surface area contributed by atoms with Crippen molar-refractivity contribution in [2.75, 3.05) is 38.6 Å². The Kier molecular flexibility index (Phi) is 6.24. The van der Waals surface area contributed by atoms with Crippen molar-refractivity contribution < 1.29 is 27.9 Å². The number of hydrogen-bond acceptors (Lipinski definition) is 6. The molecule has 0 spiro atoms. The first-order valence-corrected chi connectivity index (χ1v) is 8.36. The molecule has 0 saturated carbocycles. The lowest BCUT2D eigenvalue weighted by atomic mass is 9.74. The van der Waals surface area contributed by atoms with E-state index in [4.69, 9.17) is 9.90 Å². The number of halogens is 3. The predicted molar refractivity (Wildman–Crippen MR) is 90.1 cm³/mol. The molecule has 2 atom stereocenters. The monoisotopic (exact) mass is 389 g/mol. The Balaban J connectivity index is 0.000000321. The topological polar surface area (TPSA) is 98.7 Å². The fourth-order valence-electron chi connectivity index (χ4n) is 3.75. The largest absolute Gasteiger partial charge is 0.490 e. The van der Waals surface area contributed by atoms with Crippen LogP contribution in [-0.2, 0) is 9.59 Å². The van der Waals surface area contributed by atoms with Gasteiger partial charge >= 0.3 is 12.1 Å². The van der Waals surface area contributed by atoms with Gasteiger partial charge in [-0.05, 0) is 26.0 Å². The van der Waals surface area contributed by atoms with E-state index in [1.54, 1.807) is 19.4 Å². The maximum absolute atomic E-state index is 12.5. The second kappa shape index (κ2) is 8.07. The van der Waals surface area contributed by atoms with Crippen molar-refractivity contribution in [2.24, 2.45) is 5.41 Å². The molecule has 0 bridgehead atoms. The molecule has 3 rings (SSSR count). The highest BCUT2D eigenvalue weighted by atomic mass is 19.4. The zero-order valence-electron chi connectivity index (χ0n) is 15.0. The number of rotatable bonds is 2. The molecule has 3 heterocycles. The fourth-order valence-corrected chi connectivity index (χ4v) is 3.75. The molecule has 27 heavy (non-hydrogen) atoms. The lowest BCUT2D eigenvalue weighted by Crippen LogP contribution is -2.58. The summed E-state index contributed by atoms with van der Waals surface area (Å²) < 4.78 is 31.7. The molecule has 2 aliphatic heterocycles. The van der Waals surface area contributed by atoms with E-state index in [2.05, 4.69) is 32.1 Å². The van der Waals surface area contributed by atoms with Crippen LogP contribution < -0.4 is 10.2 Å². The number of carbonyl (C=O) groups is 2. The maximum Gasteiger partial charge on any atom is 0.490 e. The van der Waals surface area contributed by atoms with E-state index in [1.165, 1.54) is 0 Å². The molecule has 8 nitrogen and oxygen atoms in total. The van der Waals surface area contributed by atoms with Gasteiger partial charge in [-0.3, -0.25) is 4.79 Å². The van der Waals surface area contributed by atoms with Crippen LogP contribution in [0.25, 0.3) is 0 Å². The average molecular weight is 389 g/mol. The average Bonchev–Trinajstić information content (AvgIpc) is 2.98. The molecule has 11 heteroatoms. The summed E-state index contributed by atoms with van der Waals surface area (Å²) >= 11 is 0. The zero-order chi connectivity index (χ0) is 20.2. The molecule has 1 aromatic rings. The molecule has 2 saturated heterocycles. The van der Waals surface area contributed by atoms with E-state index < -0.39 is 12.1 Å². The summed E-state index contributed by atoms with van der Waals surface area (Å²) in [5.41, 5.74) is -0.332. The molecule has 1 aromatic heterocycles. The van der Waals surface area contributed by atoms with E-state index in [9.17, 15) is 18.0 Å². The number of carboxylic acid groups (broad SMARTS) is 1. The van der Waals surface area contributed by atoms with Gasteiger partial charge in [0.2, 0.25) is 11.9 Å². The van der Waals surface area contributed by atoms with Crippen LogP contribution in [0.3, 0.4) is 0 Å². The SMILES string of the molecule is CNC(=O)[C@@]12CCCN(c3ncccn3)[C@@H]1CN(C)C2.O=C(O)C(F)(F)F. The number of amides is 1. The number of nitrogens with one attached hydrogen (secondary N) is 1. The third-order valence-corrected chi connectivity index (χ3v) is 4.80. The van der Waals surface area contributed by atoms with E-state index in [0.717, 1.165) is 38.4 Å². The number of alkyl halides is 3. The second-order valence-corrected chi connectivity index (χ2v) is 6.60. The highest BCUT2D eigenvalue weighted by Crippen LogP contribution is 2.42. The second-order valence-electron chi connectivity index (χ2n) is 6.60. The number of fused-ring (bicyclic) bond motifs is 1. The highest BCUT2D eigenvalue weighted by Gasteiger charge is 2.55. The minimum atomic E-state index is -5.08. The van der Waals surface area contributed by atoms with Crippen LogP contribution in [0.2, 0.25) is 0 Å². The predicted octanol–water partition coefficient (Wildman–Crippen LogP) is 0.756. The number of aromatic nitrogens is 2. The van der Waals surface area contributed by atoms with Crippen molar-refractivity contribution in [2.45, 2.75) is 25.1 Å². The van der Waals surface area contributed by atoms with E-state index >= 15 is 0 Å². The summed E-state index contributed by atoms with van der Waals surface area (Å²) in [6, 6.07) is 1.98. The van der Waals surface area contributed by atoms with Crippen molar-refractivity contribution in [3.8, 4) is 0 Å². The number of carboxylic acids is 1. The van der Waals surface area contributed by atoms with Crippen LogP contribution in [0.4, 0.5) is 19.1 Å². The summed E-state index contributed by atoms with van der Waals surface area (Å²) in [7, 11) is 3.80. The van der Waals surface area contributed by atoms with Gasteiger partial charge in [-0.15, -0.1) is 0 Å². The van der Waals surface area contributed by atoms with Crippen molar-refractivity contribution in [1.82, 2.24) is 20.2 Å². The van der Waals surface area contributed by atoms with Crippen molar-refractivity contribution in [3.05, 3.63) is 18.5 Å². The third-order valence-electron chi connectivity index (χ3n) is 4.80. The van der Waals surface area contributed by atoms with Gasteiger partial charge < -0.3 is 20.2 Å². The molecule has 0 unspecified atom stereocenters. The Morgan fingerprint density at radius 3 is 2.44 bits per heavy atom. The quantitative estimate of drug-likeness (QED) is 0.770. The van der Waals surface area contributed by atoms with Crippen LogP contribution in [0.15, 0.2) is 18.5 Å². The molecule has 0 aliphatic carbocycles. The first-order chi connectivity index (χ1) is 12.6. The van der Waals surface area contributed by atoms with Gasteiger partial charge in [0.25, 0.3) is 0 Å². The fraction of sp³-hybridized carbons (Fsp3) is 0.625. The molecular weight excluding hydrogens is 367 g/mol. The summed E-state index contributed by atoms with van der Waals surface area (Å²) in [6.45, 7) is 2.60. The van der Waals surface area contributed by atoms with E-state index in [-0.39, 0.29) is 17.4 Å². The zero-order valence-corrected chi connectivity index (χ0v) is 15.0. The Hall–Kier alpha value is -2.43. The Labute approximate surface area is 154 Å². The van der Waals surface area contributed by atoms with Crippen LogP contribution in [0, 0.1) is 5.41 Å². The molecule has 1 amide bonds. The number of hydrogen-bond donors (Lipinski definition) is 2. The third kappa shape index (κ3) is 4.46. The Morgan fingerprint density at radius 2 is 1.93 bits per heavy atom. The highest BCUT2D eigenvalue weighted by molar-refractivity contribution is 5.85. The van der Waals surface area contributed by atoms with Crippen LogP contribution in [0.1, 0.15) is 12.8 Å². The standard InChI is InChI=1S/C14H21N5O.C2HF3O2/c1-15-12(20)14-5-3-8-19(11(14)9-18(2)10-14)13-16-6-4-7-17-13;3-2(4,5)1(6)7/h4,6-7,11H,3,5,8-10H2,1-2H3,(H,15,20);(H,6,7)/t11-,14-;/m1./s1. The molecular formula is C16H22F3N5O3. The van der Waals surface area contributed by atoms with Gasteiger partial charge in [0, 0.05) is 39.1 Å². The first kappa shape index (κ1) is 20.9. The summed E-state index contributed by atoms with van der Waals surface area (Å²) in [5, 5.41) is 9.98. The number of carbonyl (C=O) groups excluding carboxylic acids is 1. The summed E-state index contributed by atoms with van der Waals surface area (Å²) in [5.74, 6) is -1.87. The summed E-state index contributed by atoms with van der Waals surface area (Å²) in [6.07, 6.45) is 0.370. The molecule has 2 N–H and O–H groups in total. The Morgan fingerprint density at radius 1 is 1.33 bits per heavy atom. The minimum absolute atomic E-state index is 0.146. The molecule has 2 aliphatic rings. The van der Waals surface area contributed by atoms with Gasteiger partial charge in [-0.1, -0.05) is 0 Å². The number of anilines is 1. The number of nitrogens with zero attached hydrogens (tertiary/aromatic N) is 4.